The van der Waals surface area contributed by atoms with Gasteiger partial charge in [-0.2, -0.15) is 0 Å². The molecule has 0 aliphatic carbocycles. The van der Waals surface area contributed by atoms with E-state index in [2.05, 4.69) is 18.0 Å². The molecular formula is C15H26N2O2. The van der Waals surface area contributed by atoms with E-state index in [1.54, 1.807) is 7.11 Å². The van der Waals surface area contributed by atoms with Gasteiger partial charge in [0.1, 0.15) is 5.75 Å². The van der Waals surface area contributed by atoms with Gasteiger partial charge in [-0.05, 0) is 27.0 Å². The number of methoxy groups -OCH3 is 1. The highest BCUT2D eigenvalue weighted by molar-refractivity contribution is 5.36. The number of ether oxygens (including phenoxy) is 2. The van der Waals surface area contributed by atoms with E-state index in [1.165, 1.54) is 0 Å². The summed E-state index contributed by atoms with van der Waals surface area (Å²) < 4.78 is 11.0. The summed E-state index contributed by atoms with van der Waals surface area (Å²) in [5.74, 6) is 0.884. The summed E-state index contributed by atoms with van der Waals surface area (Å²) in [6.07, 6.45) is 0.260. The number of hydrogen-bond acceptors (Lipinski definition) is 4. The Balaban J connectivity index is 2.70. The molecule has 1 aromatic carbocycles. The van der Waals surface area contributed by atoms with E-state index in [0.717, 1.165) is 17.9 Å². The third-order valence-corrected chi connectivity index (χ3v) is 3.15. The molecular weight excluding hydrogens is 240 g/mol. The average molecular weight is 266 g/mol. The molecule has 0 aromatic heterocycles. The maximum absolute atomic E-state index is 5.92. The Bertz CT molecular complexity index is 369. The molecule has 108 valence electrons. The molecule has 0 spiro atoms. The molecule has 4 heteroatoms. The molecule has 0 heterocycles. The zero-order chi connectivity index (χ0) is 14.3. The van der Waals surface area contributed by atoms with Crippen molar-refractivity contribution in [1.82, 2.24) is 4.90 Å². The number of nitrogens with zero attached hydrogens (tertiary/aromatic N) is 1. The molecule has 1 rings (SSSR count). The number of hydrogen-bond donors (Lipinski definition) is 1. The number of para-hydroxylation sites is 1. The van der Waals surface area contributed by atoms with Crippen molar-refractivity contribution in [3.8, 4) is 5.75 Å². The fourth-order valence-corrected chi connectivity index (χ4v) is 2.07. The quantitative estimate of drug-likeness (QED) is 0.782. The van der Waals surface area contributed by atoms with Crippen LogP contribution in [0.25, 0.3) is 0 Å². The highest BCUT2D eigenvalue weighted by atomic mass is 16.5. The van der Waals surface area contributed by atoms with Gasteiger partial charge in [-0.1, -0.05) is 18.2 Å². The van der Waals surface area contributed by atoms with Gasteiger partial charge < -0.3 is 15.2 Å². The van der Waals surface area contributed by atoms with Gasteiger partial charge >= 0.3 is 0 Å². The Morgan fingerprint density at radius 3 is 2.53 bits per heavy atom. The number of likely N-dealkylation sites (N-methyl/N-ethyl adjacent to an activating group) is 1. The Labute approximate surface area is 116 Å². The van der Waals surface area contributed by atoms with E-state index < -0.39 is 0 Å². The summed E-state index contributed by atoms with van der Waals surface area (Å²) in [5.41, 5.74) is 7.05. The molecule has 1 unspecified atom stereocenters. The predicted octanol–water partition coefficient (Wildman–Crippen LogP) is 2.05. The van der Waals surface area contributed by atoms with Gasteiger partial charge in [0.2, 0.25) is 0 Å². The first-order valence-corrected chi connectivity index (χ1v) is 6.75. The molecule has 0 aliphatic heterocycles. The first-order valence-electron chi connectivity index (χ1n) is 6.75. The van der Waals surface area contributed by atoms with Crippen molar-refractivity contribution in [3.05, 3.63) is 29.8 Å². The van der Waals surface area contributed by atoms with Gasteiger partial charge in [0, 0.05) is 18.7 Å². The van der Waals surface area contributed by atoms with Crippen molar-refractivity contribution in [2.45, 2.75) is 26.0 Å². The normalized spacial score (nSPS) is 13.0. The van der Waals surface area contributed by atoms with Crippen LogP contribution in [-0.2, 0) is 4.74 Å². The Morgan fingerprint density at radius 1 is 1.26 bits per heavy atom. The van der Waals surface area contributed by atoms with Crippen LogP contribution >= 0.6 is 0 Å². The van der Waals surface area contributed by atoms with Gasteiger partial charge in [0.25, 0.3) is 0 Å². The lowest BCUT2D eigenvalue weighted by Crippen LogP contribution is -2.33. The summed E-state index contributed by atoms with van der Waals surface area (Å²) in [4.78, 5) is 2.21. The van der Waals surface area contributed by atoms with Gasteiger partial charge in [-0.3, -0.25) is 4.90 Å². The lowest BCUT2D eigenvalue weighted by atomic mass is 10.0. The van der Waals surface area contributed by atoms with Crippen LogP contribution in [0, 0.1) is 0 Å². The minimum Gasteiger partial charge on any atom is -0.496 e. The summed E-state index contributed by atoms with van der Waals surface area (Å²) in [7, 11) is 3.75. The number of nitrogens with two attached hydrogens (primary N) is 1. The zero-order valence-electron chi connectivity index (χ0n) is 12.4. The van der Waals surface area contributed by atoms with Crippen LogP contribution < -0.4 is 10.5 Å². The predicted molar refractivity (Wildman–Crippen MR) is 78.5 cm³/mol. The Kier molecular flexibility index (Phi) is 6.84. The molecule has 0 radical (unpaired) electrons. The van der Waals surface area contributed by atoms with Crippen LogP contribution in [0.2, 0.25) is 0 Å². The maximum atomic E-state index is 5.92. The van der Waals surface area contributed by atoms with Crippen LogP contribution in [0.15, 0.2) is 24.3 Å². The maximum Gasteiger partial charge on any atom is 0.123 e. The van der Waals surface area contributed by atoms with Crippen molar-refractivity contribution >= 4 is 0 Å². The molecule has 0 saturated carbocycles. The third-order valence-electron chi connectivity index (χ3n) is 3.15. The van der Waals surface area contributed by atoms with Gasteiger partial charge in [-0.15, -0.1) is 0 Å². The van der Waals surface area contributed by atoms with E-state index in [0.29, 0.717) is 13.2 Å². The molecule has 1 aromatic rings. The van der Waals surface area contributed by atoms with Crippen LogP contribution in [0.3, 0.4) is 0 Å². The Hall–Kier alpha value is -1.10. The van der Waals surface area contributed by atoms with Crippen molar-refractivity contribution in [3.63, 3.8) is 0 Å². The van der Waals surface area contributed by atoms with Crippen molar-refractivity contribution in [2.75, 3.05) is 33.9 Å². The third kappa shape index (κ3) is 4.82. The summed E-state index contributed by atoms with van der Waals surface area (Å²) in [6, 6.07) is 8.16. The molecule has 0 saturated heterocycles. The first kappa shape index (κ1) is 16.0. The summed E-state index contributed by atoms with van der Waals surface area (Å²) in [6.45, 7) is 6.19. The second kappa shape index (κ2) is 8.15. The van der Waals surface area contributed by atoms with Gasteiger partial charge in [-0.25, -0.2) is 0 Å². The molecule has 4 nitrogen and oxygen atoms in total. The van der Waals surface area contributed by atoms with Crippen LogP contribution in [0.5, 0.6) is 5.75 Å². The second-order valence-electron chi connectivity index (χ2n) is 4.89. The molecule has 0 bridgehead atoms. The van der Waals surface area contributed by atoms with E-state index in [9.17, 15) is 0 Å². The fourth-order valence-electron chi connectivity index (χ4n) is 2.07. The monoisotopic (exact) mass is 266 g/mol. The number of rotatable bonds is 8. The fraction of sp³-hybridized carbons (Fsp3) is 0.600. The van der Waals surface area contributed by atoms with Crippen molar-refractivity contribution in [2.24, 2.45) is 5.73 Å². The average Bonchev–Trinajstić information content (AvgIpc) is 2.39. The lowest BCUT2D eigenvalue weighted by Gasteiger charge is -2.28. The first-order chi connectivity index (χ1) is 9.10. The molecule has 0 fully saturated rings. The van der Waals surface area contributed by atoms with Crippen LogP contribution in [0.4, 0.5) is 0 Å². The van der Waals surface area contributed by atoms with Crippen molar-refractivity contribution < 1.29 is 9.47 Å². The number of benzene rings is 1. The van der Waals surface area contributed by atoms with E-state index in [4.69, 9.17) is 15.2 Å². The summed E-state index contributed by atoms with van der Waals surface area (Å²) in [5, 5.41) is 0. The molecule has 1 atom stereocenters. The van der Waals surface area contributed by atoms with Gasteiger partial charge in [0.05, 0.1) is 25.9 Å². The second-order valence-corrected chi connectivity index (χ2v) is 4.89. The Morgan fingerprint density at radius 2 is 1.95 bits per heavy atom. The summed E-state index contributed by atoms with van der Waals surface area (Å²) >= 11 is 0. The van der Waals surface area contributed by atoms with Crippen LogP contribution in [0.1, 0.15) is 25.5 Å². The van der Waals surface area contributed by atoms with E-state index in [-0.39, 0.29) is 12.1 Å². The molecule has 0 amide bonds. The van der Waals surface area contributed by atoms with Gasteiger partial charge in [0.15, 0.2) is 0 Å². The lowest BCUT2D eigenvalue weighted by molar-refractivity contribution is 0.0562. The highest BCUT2D eigenvalue weighted by Crippen LogP contribution is 2.27. The standard InChI is InChI=1S/C15H26N2O2/c1-12(2)19-10-9-17(3)14(11-16)13-7-5-6-8-15(13)18-4/h5-8,12,14H,9-11,16H2,1-4H3. The van der Waals surface area contributed by atoms with Crippen LogP contribution in [-0.4, -0.2) is 44.9 Å². The van der Waals surface area contributed by atoms with E-state index in [1.807, 2.05) is 32.0 Å². The molecule has 19 heavy (non-hydrogen) atoms. The zero-order valence-corrected chi connectivity index (χ0v) is 12.4. The highest BCUT2D eigenvalue weighted by Gasteiger charge is 2.18. The van der Waals surface area contributed by atoms with Crippen molar-refractivity contribution in [1.29, 1.82) is 0 Å². The smallest absolute Gasteiger partial charge is 0.123 e. The molecule has 0 aliphatic rings. The minimum atomic E-state index is 0.145. The largest absolute Gasteiger partial charge is 0.496 e. The molecule has 2 N–H and O–H groups in total. The van der Waals surface area contributed by atoms with E-state index >= 15 is 0 Å². The topological polar surface area (TPSA) is 47.7 Å². The minimum absolute atomic E-state index is 0.145. The SMILES string of the molecule is COc1ccccc1C(CN)N(C)CCOC(C)C.